The molecule has 0 spiro atoms. The summed E-state index contributed by atoms with van der Waals surface area (Å²) < 4.78 is 10.7. The maximum atomic E-state index is 5.60. The van der Waals surface area contributed by atoms with Gasteiger partial charge in [0.1, 0.15) is 6.10 Å². The monoisotopic (exact) mass is 200 g/mol. The van der Waals surface area contributed by atoms with Crippen LogP contribution in [0.3, 0.4) is 0 Å². The van der Waals surface area contributed by atoms with Crippen LogP contribution in [0.2, 0.25) is 5.15 Å². The maximum Gasteiger partial charge on any atom is 0.151 e. The van der Waals surface area contributed by atoms with Gasteiger partial charge in [0.25, 0.3) is 0 Å². The minimum absolute atomic E-state index is 0.0986. The summed E-state index contributed by atoms with van der Waals surface area (Å²) in [5.74, 6) is 0. The average Bonchev–Trinajstić information content (AvgIpc) is 2.20. The molecule has 1 aliphatic heterocycles. The Morgan fingerprint density at radius 2 is 2.23 bits per heavy atom. The molecule has 4 nitrogen and oxygen atoms in total. The molecular formula is C8H9ClN2O2. The van der Waals surface area contributed by atoms with Crippen LogP contribution < -0.4 is 0 Å². The van der Waals surface area contributed by atoms with Crippen molar-refractivity contribution in [2.24, 2.45) is 0 Å². The maximum absolute atomic E-state index is 5.60. The van der Waals surface area contributed by atoms with Crippen molar-refractivity contribution in [2.75, 3.05) is 19.8 Å². The van der Waals surface area contributed by atoms with Gasteiger partial charge < -0.3 is 9.47 Å². The number of ether oxygens (including phenoxy) is 2. The Morgan fingerprint density at radius 3 is 2.85 bits per heavy atom. The summed E-state index contributed by atoms with van der Waals surface area (Å²) in [7, 11) is 0. The van der Waals surface area contributed by atoms with Gasteiger partial charge in [0.15, 0.2) is 5.15 Å². The molecule has 0 bridgehead atoms. The Balaban J connectivity index is 2.10. The van der Waals surface area contributed by atoms with Gasteiger partial charge in [-0.3, -0.25) is 0 Å². The van der Waals surface area contributed by atoms with E-state index in [0.29, 0.717) is 25.0 Å². The Labute approximate surface area is 80.8 Å². The number of rotatable bonds is 1. The lowest BCUT2D eigenvalue weighted by atomic mass is 10.2. The molecule has 1 atom stereocenters. The van der Waals surface area contributed by atoms with Crippen LogP contribution in [0, 0.1) is 0 Å². The molecule has 0 radical (unpaired) electrons. The Kier molecular flexibility index (Phi) is 2.73. The molecule has 1 aliphatic rings. The van der Waals surface area contributed by atoms with Gasteiger partial charge in [0, 0.05) is 0 Å². The fourth-order valence-corrected chi connectivity index (χ4v) is 1.26. The first-order valence-electron chi connectivity index (χ1n) is 4.05. The molecule has 0 aromatic carbocycles. The van der Waals surface area contributed by atoms with E-state index in [4.69, 9.17) is 21.1 Å². The predicted octanol–water partition coefficient (Wildman–Crippen LogP) is 1.22. The molecule has 1 saturated heterocycles. The van der Waals surface area contributed by atoms with Gasteiger partial charge >= 0.3 is 0 Å². The van der Waals surface area contributed by atoms with Crippen LogP contribution in [-0.4, -0.2) is 30.0 Å². The summed E-state index contributed by atoms with van der Waals surface area (Å²) in [4.78, 5) is 0. The van der Waals surface area contributed by atoms with Gasteiger partial charge in [-0.25, -0.2) is 0 Å². The van der Waals surface area contributed by atoms with E-state index in [1.54, 1.807) is 12.1 Å². The highest BCUT2D eigenvalue weighted by molar-refractivity contribution is 6.29. The third-order valence-corrected chi connectivity index (χ3v) is 2.00. The van der Waals surface area contributed by atoms with Gasteiger partial charge in [-0.15, -0.1) is 5.10 Å². The highest BCUT2D eigenvalue weighted by atomic mass is 35.5. The minimum Gasteiger partial charge on any atom is -0.376 e. The van der Waals surface area contributed by atoms with Gasteiger partial charge in [-0.1, -0.05) is 11.6 Å². The third-order valence-electron chi connectivity index (χ3n) is 1.80. The quantitative estimate of drug-likeness (QED) is 0.684. The lowest BCUT2D eigenvalue weighted by Crippen LogP contribution is -2.22. The third kappa shape index (κ3) is 2.15. The molecule has 0 amide bonds. The molecule has 1 aromatic rings. The van der Waals surface area contributed by atoms with Crippen LogP contribution in [0.25, 0.3) is 0 Å². The number of halogens is 1. The number of hydrogen-bond acceptors (Lipinski definition) is 4. The summed E-state index contributed by atoms with van der Waals surface area (Å²) in [6, 6.07) is 3.50. The Bertz CT molecular complexity index is 272. The molecule has 1 fully saturated rings. The van der Waals surface area contributed by atoms with Crippen molar-refractivity contribution in [3.63, 3.8) is 0 Å². The average molecular weight is 201 g/mol. The first-order chi connectivity index (χ1) is 6.36. The molecular weight excluding hydrogens is 192 g/mol. The molecule has 13 heavy (non-hydrogen) atoms. The zero-order valence-corrected chi connectivity index (χ0v) is 7.70. The summed E-state index contributed by atoms with van der Waals surface area (Å²) in [6.07, 6.45) is -0.0986. The molecule has 1 aromatic heterocycles. The van der Waals surface area contributed by atoms with E-state index in [9.17, 15) is 0 Å². The van der Waals surface area contributed by atoms with Crippen molar-refractivity contribution in [1.29, 1.82) is 0 Å². The molecule has 70 valence electrons. The predicted molar refractivity (Wildman–Crippen MR) is 46.6 cm³/mol. The van der Waals surface area contributed by atoms with Crippen LogP contribution in [0.4, 0.5) is 0 Å². The van der Waals surface area contributed by atoms with E-state index in [1.807, 2.05) is 0 Å². The van der Waals surface area contributed by atoms with Gasteiger partial charge in [0.2, 0.25) is 0 Å². The van der Waals surface area contributed by atoms with Crippen molar-refractivity contribution in [3.05, 3.63) is 23.0 Å². The molecule has 1 unspecified atom stereocenters. The van der Waals surface area contributed by atoms with Crippen molar-refractivity contribution in [3.8, 4) is 0 Å². The molecule has 0 saturated carbocycles. The number of aromatic nitrogens is 2. The second-order valence-corrected chi connectivity index (χ2v) is 3.10. The fraction of sp³-hybridized carbons (Fsp3) is 0.500. The first kappa shape index (κ1) is 8.87. The molecule has 0 aliphatic carbocycles. The second-order valence-electron chi connectivity index (χ2n) is 2.72. The lowest BCUT2D eigenvalue weighted by Gasteiger charge is -2.21. The van der Waals surface area contributed by atoms with E-state index in [-0.39, 0.29) is 6.10 Å². The fourth-order valence-electron chi connectivity index (χ4n) is 1.16. The molecule has 2 heterocycles. The first-order valence-corrected chi connectivity index (χ1v) is 4.42. The van der Waals surface area contributed by atoms with Gasteiger partial charge in [0.05, 0.1) is 25.5 Å². The van der Waals surface area contributed by atoms with Crippen molar-refractivity contribution < 1.29 is 9.47 Å². The summed E-state index contributed by atoms with van der Waals surface area (Å²) >= 11 is 5.60. The van der Waals surface area contributed by atoms with Crippen molar-refractivity contribution >= 4 is 11.6 Å². The van der Waals surface area contributed by atoms with Gasteiger partial charge in [-0.2, -0.15) is 5.10 Å². The Hall–Kier alpha value is -0.710. The van der Waals surface area contributed by atoms with Crippen LogP contribution in [0.5, 0.6) is 0 Å². The van der Waals surface area contributed by atoms with Crippen molar-refractivity contribution in [1.82, 2.24) is 10.2 Å². The highest BCUT2D eigenvalue weighted by Crippen LogP contribution is 2.18. The van der Waals surface area contributed by atoms with Crippen LogP contribution in [-0.2, 0) is 9.47 Å². The van der Waals surface area contributed by atoms with E-state index in [0.717, 1.165) is 5.69 Å². The molecule has 5 heteroatoms. The minimum atomic E-state index is -0.0986. The van der Waals surface area contributed by atoms with Crippen LogP contribution >= 0.6 is 11.6 Å². The summed E-state index contributed by atoms with van der Waals surface area (Å²) in [5.41, 5.74) is 0.768. The Morgan fingerprint density at radius 1 is 1.31 bits per heavy atom. The van der Waals surface area contributed by atoms with E-state index >= 15 is 0 Å². The summed E-state index contributed by atoms with van der Waals surface area (Å²) in [6.45, 7) is 1.79. The zero-order chi connectivity index (χ0) is 9.10. The highest BCUT2D eigenvalue weighted by Gasteiger charge is 2.17. The summed E-state index contributed by atoms with van der Waals surface area (Å²) in [5, 5.41) is 8.04. The SMILES string of the molecule is Clc1ccc(C2COCCO2)nn1. The standard InChI is InChI=1S/C8H9ClN2O2/c9-8-2-1-6(10-11-8)7-5-12-3-4-13-7/h1-2,7H,3-5H2. The number of nitrogens with zero attached hydrogens (tertiary/aromatic N) is 2. The van der Waals surface area contributed by atoms with Crippen molar-refractivity contribution in [2.45, 2.75) is 6.10 Å². The van der Waals surface area contributed by atoms with E-state index < -0.39 is 0 Å². The largest absolute Gasteiger partial charge is 0.376 e. The molecule has 0 N–H and O–H groups in total. The van der Waals surface area contributed by atoms with E-state index in [1.165, 1.54) is 0 Å². The number of hydrogen-bond donors (Lipinski definition) is 0. The second kappa shape index (κ2) is 4.00. The van der Waals surface area contributed by atoms with Gasteiger partial charge in [-0.05, 0) is 12.1 Å². The normalized spacial score (nSPS) is 23.0. The topological polar surface area (TPSA) is 44.2 Å². The zero-order valence-electron chi connectivity index (χ0n) is 6.94. The van der Waals surface area contributed by atoms with Crippen LogP contribution in [0.1, 0.15) is 11.8 Å². The van der Waals surface area contributed by atoms with Crippen LogP contribution in [0.15, 0.2) is 12.1 Å². The molecule has 2 rings (SSSR count). The smallest absolute Gasteiger partial charge is 0.151 e. The lowest BCUT2D eigenvalue weighted by molar-refractivity contribution is -0.0920. The van der Waals surface area contributed by atoms with E-state index in [2.05, 4.69) is 10.2 Å².